The largest absolute Gasteiger partial charge is 0.479 e. The molecule has 0 spiro atoms. The van der Waals surface area contributed by atoms with Gasteiger partial charge < -0.3 is 10.4 Å². The van der Waals surface area contributed by atoms with Crippen molar-refractivity contribution in [2.45, 2.75) is 18.6 Å². The van der Waals surface area contributed by atoms with Crippen molar-refractivity contribution in [1.82, 2.24) is 5.32 Å². The van der Waals surface area contributed by atoms with E-state index in [1.807, 2.05) is 0 Å². The van der Waals surface area contributed by atoms with Crippen molar-refractivity contribution in [2.75, 3.05) is 0 Å². The van der Waals surface area contributed by atoms with Gasteiger partial charge in [0.1, 0.15) is 0 Å². The Morgan fingerprint density at radius 1 is 1.25 bits per heavy atom. The maximum Gasteiger partial charge on any atom is 0.422 e. The first-order valence-electron chi connectivity index (χ1n) is 5.06. The number of aliphatic carboxylic acids is 1. The molecule has 0 heterocycles. The molecule has 4 nitrogen and oxygen atoms in total. The second kappa shape index (κ2) is 5.49. The Balaban J connectivity index is 3.16. The summed E-state index contributed by atoms with van der Waals surface area (Å²) in [6, 6.07) is 3.59. The van der Waals surface area contributed by atoms with E-state index in [4.69, 9.17) is 28.3 Å². The van der Waals surface area contributed by atoms with Crippen LogP contribution in [0.2, 0.25) is 10.0 Å². The molecular formula is C11H8Cl2F3NO3. The van der Waals surface area contributed by atoms with Crippen LogP contribution in [0.1, 0.15) is 17.3 Å². The van der Waals surface area contributed by atoms with Gasteiger partial charge in [0.05, 0.1) is 10.6 Å². The smallest absolute Gasteiger partial charge is 0.422 e. The fraction of sp³-hybridized carbons (Fsp3) is 0.273. The second-order valence-electron chi connectivity index (χ2n) is 4.01. The summed E-state index contributed by atoms with van der Waals surface area (Å²) in [4.78, 5) is 22.6. The zero-order chi connectivity index (χ0) is 15.7. The van der Waals surface area contributed by atoms with Gasteiger partial charge in [-0.05, 0) is 25.1 Å². The van der Waals surface area contributed by atoms with Crippen molar-refractivity contribution >= 4 is 35.1 Å². The van der Waals surface area contributed by atoms with Crippen LogP contribution in [0.5, 0.6) is 0 Å². The van der Waals surface area contributed by atoms with Crippen LogP contribution in [0.3, 0.4) is 0 Å². The predicted molar refractivity (Wildman–Crippen MR) is 66.0 cm³/mol. The fourth-order valence-corrected chi connectivity index (χ4v) is 1.59. The molecule has 1 rings (SSSR count). The van der Waals surface area contributed by atoms with Gasteiger partial charge in [0, 0.05) is 5.02 Å². The van der Waals surface area contributed by atoms with E-state index in [9.17, 15) is 22.8 Å². The molecule has 20 heavy (non-hydrogen) atoms. The highest BCUT2D eigenvalue weighted by Crippen LogP contribution is 2.31. The first-order chi connectivity index (χ1) is 8.99. The van der Waals surface area contributed by atoms with Gasteiger partial charge in [-0.15, -0.1) is 0 Å². The lowest BCUT2D eigenvalue weighted by Gasteiger charge is -2.28. The highest BCUT2D eigenvalue weighted by atomic mass is 35.5. The van der Waals surface area contributed by atoms with Crippen molar-refractivity contribution in [1.29, 1.82) is 0 Å². The SMILES string of the molecule is CC(NC(=O)c1cc(Cl)ccc1Cl)(C(=O)O)C(F)(F)F. The van der Waals surface area contributed by atoms with Crippen molar-refractivity contribution in [2.24, 2.45) is 0 Å². The number of rotatable bonds is 3. The summed E-state index contributed by atoms with van der Waals surface area (Å²) in [5.74, 6) is -3.53. The Labute approximate surface area is 121 Å². The maximum absolute atomic E-state index is 12.8. The molecule has 0 bridgehead atoms. The summed E-state index contributed by atoms with van der Waals surface area (Å²) >= 11 is 11.3. The minimum atomic E-state index is -5.18. The van der Waals surface area contributed by atoms with Crippen molar-refractivity contribution in [3.63, 3.8) is 0 Å². The zero-order valence-corrected chi connectivity index (χ0v) is 11.4. The van der Waals surface area contributed by atoms with Crippen LogP contribution in [0.15, 0.2) is 18.2 Å². The molecule has 0 fully saturated rings. The lowest BCUT2D eigenvalue weighted by atomic mass is 10.0. The summed E-state index contributed by atoms with van der Waals surface area (Å²) in [6.07, 6.45) is -5.18. The number of halogens is 5. The average Bonchev–Trinajstić information content (AvgIpc) is 2.30. The fourth-order valence-electron chi connectivity index (χ4n) is 1.21. The minimum absolute atomic E-state index is 0.0728. The molecular weight excluding hydrogens is 322 g/mol. The van der Waals surface area contributed by atoms with Crippen molar-refractivity contribution in [3.8, 4) is 0 Å². The Morgan fingerprint density at radius 3 is 2.25 bits per heavy atom. The average molecular weight is 330 g/mol. The number of alkyl halides is 3. The van der Waals surface area contributed by atoms with Crippen molar-refractivity contribution < 1.29 is 27.9 Å². The van der Waals surface area contributed by atoms with Crippen molar-refractivity contribution in [3.05, 3.63) is 33.8 Å². The number of benzene rings is 1. The van der Waals surface area contributed by atoms with Gasteiger partial charge in [0.2, 0.25) is 5.54 Å². The van der Waals surface area contributed by atoms with Crippen LogP contribution in [0.4, 0.5) is 13.2 Å². The van der Waals surface area contributed by atoms with Gasteiger partial charge in [-0.2, -0.15) is 13.2 Å². The van der Waals surface area contributed by atoms with Crippen LogP contribution in [-0.4, -0.2) is 28.7 Å². The number of nitrogens with one attached hydrogen (secondary N) is 1. The molecule has 1 amide bonds. The number of hydrogen-bond acceptors (Lipinski definition) is 2. The number of carboxylic acid groups (broad SMARTS) is 1. The summed E-state index contributed by atoms with van der Waals surface area (Å²) in [5, 5.41) is 10.0. The number of hydrogen-bond donors (Lipinski definition) is 2. The summed E-state index contributed by atoms with van der Waals surface area (Å²) in [5.41, 5.74) is -3.79. The van der Waals surface area contributed by atoms with E-state index in [0.29, 0.717) is 6.92 Å². The van der Waals surface area contributed by atoms with E-state index < -0.39 is 23.6 Å². The molecule has 0 aliphatic heterocycles. The molecule has 0 aliphatic carbocycles. The third-order valence-corrected chi connectivity index (χ3v) is 3.10. The van der Waals surface area contributed by atoms with Crippen LogP contribution < -0.4 is 5.32 Å². The molecule has 0 aromatic heterocycles. The molecule has 1 aromatic rings. The molecule has 0 aliphatic rings. The standard InChI is InChI=1S/C11H8Cl2F3NO3/c1-10(9(19)20,11(14,15)16)17-8(18)6-4-5(12)2-3-7(6)13/h2-4H,1H3,(H,17,18)(H,19,20). The molecule has 0 saturated heterocycles. The molecule has 2 N–H and O–H groups in total. The quantitative estimate of drug-likeness (QED) is 0.895. The van der Waals surface area contributed by atoms with E-state index in [2.05, 4.69) is 0 Å². The van der Waals surface area contributed by atoms with Crippen LogP contribution in [-0.2, 0) is 4.79 Å². The van der Waals surface area contributed by atoms with Gasteiger partial charge in [-0.25, -0.2) is 4.79 Å². The molecule has 9 heteroatoms. The lowest BCUT2D eigenvalue weighted by Crippen LogP contribution is -2.61. The van der Waals surface area contributed by atoms with Crippen LogP contribution in [0.25, 0.3) is 0 Å². The maximum atomic E-state index is 12.8. The van der Waals surface area contributed by atoms with Gasteiger partial charge in [-0.3, -0.25) is 4.79 Å². The van der Waals surface area contributed by atoms with Gasteiger partial charge in [0.25, 0.3) is 5.91 Å². The summed E-state index contributed by atoms with van der Waals surface area (Å²) in [7, 11) is 0. The minimum Gasteiger partial charge on any atom is -0.479 e. The van der Waals surface area contributed by atoms with Gasteiger partial charge in [-0.1, -0.05) is 23.2 Å². The Bertz CT molecular complexity index is 562. The number of carboxylic acids is 1. The molecule has 0 saturated carbocycles. The zero-order valence-electron chi connectivity index (χ0n) is 9.89. The van der Waals surface area contributed by atoms with E-state index >= 15 is 0 Å². The Kier molecular flexibility index (Phi) is 4.55. The normalized spacial score (nSPS) is 14.5. The number of amides is 1. The van der Waals surface area contributed by atoms with E-state index in [0.717, 1.165) is 6.07 Å². The first kappa shape index (κ1) is 16.6. The molecule has 1 aromatic carbocycles. The Morgan fingerprint density at radius 2 is 1.80 bits per heavy atom. The number of carbonyl (C=O) groups excluding carboxylic acids is 1. The van der Waals surface area contributed by atoms with Gasteiger partial charge in [0.15, 0.2) is 0 Å². The highest BCUT2D eigenvalue weighted by Gasteiger charge is 2.58. The third-order valence-electron chi connectivity index (χ3n) is 2.53. The lowest BCUT2D eigenvalue weighted by molar-refractivity contribution is -0.203. The summed E-state index contributed by atoms with van der Waals surface area (Å²) < 4.78 is 38.3. The van der Waals surface area contributed by atoms with E-state index in [1.54, 1.807) is 0 Å². The Hall–Kier alpha value is -1.47. The topological polar surface area (TPSA) is 66.4 Å². The monoisotopic (exact) mass is 329 g/mol. The highest BCUT2D eigenvalue weighted by molar-refractivity contribution is 6.35. The first-order valence-corrected chi connectivity index (χ1v) is 5.82. The molecule has 0 radical (unpaired) electrons. The van der Waals surface area contributed by atoms with Gasteiger partial charge >= 0.3 is 12.1 Å². The van der Waals surface area contributed by atoms with E-state index in [-0.39, 0.29) is 15.6 Å². The molecule has 110 valence electrons. The van der Waals surface area contributed by atoms with Crippen LogP contribution in [0, 0.1) is 0 Å². The molecule has 1 atom stereocenters. The van der Waals surface area contributed by atoms with E-state index in [1.165, 1.54) is 17.4 Å². The van der Waals surface area contributed by atoms with Crippen LogP contribution >= 0.6 is 23.2 Å². The predicted octanol–water partition coefficient (Wildman–Crippen LogP) is 3.13. The number of carbonyl (C=O) groups is 2. The summed E-state index contributed by atoms with van der Waals surface area (Å²) in [6.45, 7) is 0.339. The third kappa shape index (κ3) is 3.16. The second-order valence-corrected chi connectivity index (χ2v) is 4.85. The molecule has 1 unspecified atom stereocenters.